The van der Waals surface area contributed by atoms with E-state index in [9.17, 15) is 9.59 Å². The second-order valence-electron chi connectivity index (χ2n) is 4.06. The fraction of sp³-hybridized carbons (Fsp3) is 0.455. The molecule has 2 amide bonds. The van der Waals surface area contributed by atoms with Gasteiger partial charge in [0.25, 0.3) is 5.91 Å². The Kier molecular flexibility index (Phi) is 4.70. The van der Waals surface area contributed by atoms with E-state index in [1.807, 2.05) is 26.8 Å². The Morgan fingerprint density at radius 3 is 2.47 bits per heavy atom. The number of carbonyl (C=O) groups is 2. The van der Waals surface area contributed by atoms with Gasteiger partial charge in [-0.05, 0) is 48.3 Å². The van der Waals surface area contributed by atoms with Gasteiger partial charge in [-0.2, -0.15) is 0 Å². The van der Waals surface area contributed by atoms with E-state index in [1.54, 1.807) is 0 Å². The Labute approximate surface area is 113 Å². The second kappa shape index (κ2) is 5.64. The van der Waals surface area contributed by atoms with Crippen molar-refractivity contribution in [1.82, 2.24) is 4.90 Å². The molecular weight excluding hydrogens is 304 g/mol. The van der Waals surface area contributed by atoms with Gasteiger partial charge in [0.2, 0.25) is 5.91 Å². The van der Waals surface area contributed by atoms with E-state index < -0.39 is 5.91 Å². The molecule has 0 bridgehead atoms. The number of aryl methyl sites for hydroxylation is 1. The summed E-state index contributed by atoms with van der Waals surface area (Å²) < 4.78 is 0.934. The third-order valence-corrected chi connectivity index (χ3v) is 4.40. The molecule has 6 heteroatoms. The molecule has 0 aliphatic carbocycles. The summed E-state index contributed by atoms with van der Waals surface area (Å²) >= 11 is 4.75. The van der Waals surface area contributed by atoms with Gasteiger partial charge in [-0.3, -0.25) is 9.59 Å². The maximum absolute atomic E-state index is 12.2. The summed E-state index contributed by atoms with van der Waals surface area (Å²) in [5, 5.41) is 0. The Balaban J connectivity index is 2.95. The summed E-state index contributed by atoms with van der Waals surface area (Å²) in [5.41, 5.74) is 6.16. The number of halogens is 1. The number of primary amides is 1. The lowest BCUT2D eigenvalue weighted by molar-refractivity contribution is -0.119. The van der Waals surface area contributed by atoms with Gasteiger partial charge >= 0.3 is 0 Å². The Morgan fingerprint density at radius 1 is 1.53 bits per heavy atom. The first-order valence-corrected chi connectivity index (χ1v) is 6.79. The lowest BCUT2D eigenvalue weighted by atomic mass is 10.2. The van der Waals surface area contributed by atoms with Crippen LogP contribution in [0.25, 0.3) is 0 Å². The van der Waals surface area contributed by atoms with Crippen molar-refractivity contribution in [2.45, 2.75) is 26.8 Å². The molecule has 0 atom stereocenters. The smallest absolute Gasteiger partial charge is 0.264 e. The second-order valence-corrected chi connectivity index (χ2v) is 6.43. The summed E-state index contributed by atoms with van der Waals surface area (Å²) in [6.07, 6.45) is 0. The summed E-state index contributed by atoms with van der Waals surface area (Å²) in [5.74, 6) is -0.656. The number of nitrogens with two attached hydrogens (primary N) is 1. The van der Waals surface area contributed by atoms with Gasteiger partial charge in [-0.1, -0.05) is 0 Å². The van der Waals surface area contributed by atoms with Crippen molar-refractivity contribution in [3.05, 3.63) is 20.3 Å². The molecule has 0 aromatic carbocycles. The molecule has 0 saturated carbocycles. The topological polar surface area (TPSA) is 63.4 Å². The van der Waals surface area contributed by atoms with Crippen LogP contribution >= 0.6 is 27.3 Å². The van der Waals surface area contributed by atoms with Crippen molar-refractivity contribution in [1.29, 1.82) is 0 Å². The van der Waals surface area contributed by atoms with Crippen LogP contribution in [0.3, 0.4) is 0 Å². The average Bonchev–Trinajstić information content (AvgIpc) is 2.54. The molecule has 0 saturated heterocycles. The van der Waals surface area contributed by atoms with Crippen LogP contribution in [0.1, 0.15) is 29.1 Å². The zero-order valence-electron chi connectivity index (χ0n) is 9.99. The van der Waals surface area contributed by atoms with Gasteiger partial charge in [0.05, 0.1) is 15.2 Å². The number of rotatable bonds is 4. The highest BCUT2D eigenvalue weighted by Crippen LogP contribution is 2.28. The number of nitrogens with zero attached hydrogens (tertiary/aromatic N) is 1. The lowest BCUT2D eigenvalue weighted by Crippen LogP contribution is -2.42. The number of thiophene rings is 1. The Hall–Kier alpha value is -0.880. The van der Waals surface area contributed by atoms with Gasteiger partial charge in [0.1, 0.15) is 0 Å². The summed E-state index contributed by atoms with van der Waals surface area (Å²) in [4.78, 5) is 25.2. The first-order chi connectivity index (χ1) is 7.82. The minimum atomic E-state index is -0.501. The maximum Gasteiger partial charge on any atom is 0.264 e. The molecule has 1 aromatic heterocycles. The minimum absolute atomic E-state index is 0.0505. The molecule has 0 aliphatic rings. The van der Waals surface area contributed by atoms with Crippen LogP contribution in [0.5, 0.6) is 0 Å². The van der Waals surface area contributed by atoms with E-state index in [-0.39, 0.29) is 18.5 Å². The SMILES string of the molecule is Cc1cc(C(=O)N(CC(N)=O)C(C)C)sc1Br. The van der Waals surface area contributed by atoms with Crippen LogP contribution in [0.2, 0.25) is 0 Å². The lowest BCUT2D eigenvalue weighted by Gasteiger charge is -2.24. The van der Waals surface area contributed by atoms with Crippen LogP contribution < -0.4 is 5.73 Å². The van der Waals surface area contributed by atoms with Gasteiger partial charge in [0.15, 0.2) is 0 Å². The van der Waals surface area contributed by atoms with Crippen molar-refractivity contribution >= 4 is 39.1 Å². The first-order valence-electron chi connectivity index (χ1n) is 5.18. The third-order valence-electron chi connectivity index (χ3n) is 2.28. The van der Waals surface area contributed by atoms with E-state index in [4.69, 9.17) is 5.73 Å². The summed E-state index contributed by atoms with van der Waals surface area (Å²) in [6.45, 7) is 5.59. The predicted octanol–water partition coefficient (Wildman–Crippen LogP) is 2.15. The third kappa shape index (κ3) is 3.54. The van der Waals surface area contributed by atoms with E-state index in [0.29, 0.717) is 4.88 Å². The zero-order chi connectivity index (χ0) is 13.2. The molecule has 0 aliphatic heterocycles. The Morgan fingerprint density at radius 2 is 2.12 bits per heavy atom. The fourth-order valence-corrected chi connectivity index (χ4v) is 2.85. The van der Waals surface area contributed by atoms with Gasteiger partial charge in [-0.15, -0.1) is 11.3 Å². The van der Waals surface area contributed by atoms with Crippen molar-refractivity contribution in [2.24, 2.45) is 5.73 Å². The molecule has 2 N–H and O–H groups in total. The number of amides is 2. The van der Waals surface area contributed by atoms with Crippen molar-refractivity contribution in [2.75, 3.05) is 6.54 Å². The van der Waals surface area contributed by atoms with Crippen LogP contribution in [-0.2, 0) is 4.79 Å². The predicted molar refractivity (Wildman–Crippen MR) is 72.1 cm³/mol. The summed E-state index contributed by atoms with van der Waals surface area (Å²) in [7, 11) is 0. The number of hydrogen-bond acceptors (Lipinski definition) is 3. The van der Waals surface area contributed by atoms with Crippen molar-refractivity contribution < 1.29 is 9.59 Å². The van der Waals surface area contributed by atoms with Crippen LogP contribution in [-0.4, -0.2) is 29.3 Å². The quantitative estimate of drug-likeness (QED) is 0.924. The molecule has 0 fully saturated rings. The monoisotopic (exact) mass is 318 g/mol. The highest BCUT2D eigenvalue weighted by Gasteiger charge is 2.22. The van der Waals surface area contributed by atoms with Gasteiger partial charge in [-0.25, -0.2) is 0 Å². The standard InChI is InChI=1S/C11H15BrN2O2S/c1-6(2)14(5-9(13)15)11(16)8-4-7(3)10(12)17-8/h4,6H,5H2,1-3H3,(H2,13,15). The molecule has 94 valence electrons. The molecule has 4 nitrogen and oxygen atoms in total. The van der Waals surface area contributed by atoms with Crippen molar-refractivity contribution in [3.63, 3.8) is 0 Å². The van der Waals surface area contributed by atoms with E-state index in [2.05, 4.69) is 15.9 Å². The molecule has 0 unspecified atom stereocenters. The molecule has 1 heterocycles. The summed E-state index contributed by atoms with van der Waals surface area (Å²) in [6, 6.07) is 1.75. The molecule has 17 heavy (non-hydrogen) atoms. The van der Waals surface area contributed by atoms with Crippen LogP contribution in [0.15, 0.2) is 9.85 Å². The van der Waals surface area contributed by atoms with Crippen LogP contribution in [0, 0.1) is 6.92 Å². The van der Waals surface area contributed by atoms with E-state index >= 15 is 0 Å². The molecular formula is C11H15BrN2O2S. The normalized spacial score (nSPS) is 10.6. The van der Waals surface area contributed by atoms with Crippen molar-refractivity contribution in [3.8, 4) is 0 Å². The fourth-order valence-electron chi connectivity index (χ4n) is 1.36. The molecule has 1 aromatic rings. The Bertz CT molecular complexity index is 423. The average molecular weight is 319 g/mol. The molecule has 0 radical (unpaired) electrons. The first kappa shape index (κ1) is 14.2. The molecule has 1 rings (SSSR count). The highest BCUT2D eigenvalue weighted by molar-refractivity contribution is 9.11. The molecule has 0 spiro atoms. The van der Waals surface area contributed by atoms with Gasteiger partial charge < -0.3 is 10.6 Å². The zero-order valence-corrected chi connectivity index (χ0v) is 12.4. The van der Waals surface area contributed by atoms with Gasteiger partial charge in [0, 0.05) is 6.04 Å². The van der Waals surface area contributed by atoms with E-state index in [0.717, 1.165) is 9.35 Å². The number of carbonyl (C=O) groups excluding carboxylic acids is 2. The van der Waals surface area contributed by atoms with Crippen LogP contribution in [0.4, 0.5) is 0 Å². The number of hydrogen-bond donors (Lipinski definition) is 1. The van der Waals surface area contributed by atoms with E-state index in [1.165, 1.54) is 16.2 Å². The maximum atomic E-state index is 12.2. The highest BCUT2D eigenvalue weighted by atomic mass is 79.9. The minimum Gasteiger partial charge on any atom is -0.368 e. The largest absolute Gasteiger partial charge is 0.368 e.